The molecule has 2 heterocycles. The zero-order chi connectivity index (χ0) is 29.2. The van der Waals surface area contributed by atoms with Crippen LogP contribution in [0, 0.1) is 0 Å². The normalized spacial score (nSPS) is 14.9. The van der Waals surface area contributed by atoms with E-state index in [1.165, 1.54) is 75.1 Å². The van der Waals surface area contributed by atoms with Crippen molar-refractivity contribution in [1.29, 1.82) is 0 Å². The van der Waals surface area contributed by atoms with Gasteiger partial charge in [-0.05, 0) is 71.6 Å². The standard InChI is InChI=1S/C41H29NOS/c1-43-31-20-16-27(17-21-31)28-18-22-36-34(24-28)38-39-35-25-29(26-10-4-2-5-11-26)19-23-37(35)44-41(39)33-15-9-8-14-32(33)40(38)42(36)30-12-6-3-7-13-30/h2-10,12-26H,11H2,1H3. The van der Waals surface area contributed by atoms with E-state index < -0.39 is 0 Å². The van der Waals surface area contributed by atoms with Gasteiger partial charge in [-0.3, -0.25) is 0 Å². The monoisotopic (exact) mass is 583 g/mol. The van der Waals surface area contributed by atoms with E-state index in [9.17, 15) is 0 Å². The van der Waals surface area contributed by atoms with Crippen LogP contribution in [0.3, 0.4) is 0 Å². The molecule has 1 unspecified atom stereocenters. The molecule has 1 aliphatic rings. The maximum atomic E-state index is 5.45. The Morgan fingerprint density at radius 2 is 1.48 bits per heavy atom. The summed E-state index contributed by atoms with van der Waals surface area (Å²) in [6.45, 7) is 0. The minimum absolute atomic E-state index is 0.405. The lowest BCUT2D eigenvalue weighted by atomic mass is 9.91. The quantitative estimate of drug-likeness (QED) is 0.201. The summed E-state index contributed by atoms with van der Waals surface area (Å²) in [6, 6.07) is 42.3. The molecule has 0 saturated carbocycles. The highest BCUT2D eigenvalue weighted by Crippen LogP contribution is 2.49. The van der Waals surface area contributed by atoms with Crippen molar-refractivity contribution in [2.75, 3.05) is 7.11 Å². The number of aromatic nitrogens is 1. The lowest BCUT2D eigenvalue weighted by Gasteiger charge is -2.13. The van der Waals surface area contributed by atoms with Gasteiger partial charge in [-0.1, -0.05) is 91.0 Å². The Morgan fingerprint density at radius 3 is 2.27 bits per heavy atom. The molecule has 0 spiro atoms. The van der Waals surface area contributed by atoms with Crippen LogP contribution in [0.5, 0.6) is 5.75 Å². The zero-order valence-electron chi connectivity index (χ0n) is 24.3. The number of hydrogen-bond acceptors (Lipinski definition) is 2. The van der Waals surface area contributed by atoms with Gasteiger partial charge in [0.2, 0.25) is 0 Å². The Bertz CT molecular complexity index is 2440. The molecule has 0 bridgehead atoms. The Morgan fingerprint density at radius 1 is 0.682 bits per heavy atom. The summed E-state index contributed by atoms with van der Waals surface area (Å²) < 4.78 is 10.6. The van der Waals surface area contributed by atoms with E-state index in [1.807, 2.05) is 23.5 Å². The van der Waals surface area contributed by atoms with Gasteiger partial charge in [-0.2, -0.15) is 0 Å². The van der Waals surface area contributed by atoms with Gasteiger partial charge < -0.3 is 9.30 Å². The third-order valence-corrected chi connectivity index (χ3v) is 10.4. The largest absolute Gasteiger partial charge is 0.497 e. The summed E-state index contributed by atoms with van der Waals surface area (Å²) in [7, 11) is 1.72. The first-order valence-electron chi connectivity index (χ1n) is 15.2. The molecule has 0 fully saturated rings. The van der Waals surface area contributed by atoms with Crippen molar-refractivity contribution >= 4 is 64.1 Å². The van der Waals surface area contributed by atoms with E-state index in [-0.39, 0.29) is 0 Å². The fourth-order valence-corrected chi connectivity index (χ4v) is 8.34. The van der Waals surface area contributed by atoms with Crippen molar-refractivity contribution in [2.45, 2.75) is 12.3 Å². The summed E-state index contributed by atoms with van der Waals surface area (Å²) in [6.07, 6.45) is 10.00. The minimum atomic E-state index is 0.405. The molecule has 6 aromatic carbocycles. The summed E-state index contributed by atoms with van der Waals surface area (Å²) in [5, 5.41) is 7.92. The molecule has 1 atom stereocenters. The molecular formula is C41H29NOS. The Hall–Kier alpha value is -5.12. The molecule has 0 saturated heterocycles. The van der Waals surface area contributed by atoms with Crippen LogP contribution in [0.2, 0.25) is 0 Å². The van der Waals surface area contributed by atoms with Crippen LogP contribution in [0.25, 0.3) is 69.6 Å². The van der Waals surface area contributed by atoms with Crippen LogP contribution in [0.4, 0.5) is 0 Å². The van der Waals surface area contributed by atoms with Gasteiger partial charge in [0.1, 0.15) is 5.75 Å². The van der Waals surface area contributed by atoms with Crippen molar-refractivity contribution in [3.8, 4) is 22.6 Å². The van der Waals surface area contributed by atoms with Crippen LogP contribution in [-0.4, -0.2) is 11.7 Å². The summed E-state index contributed by atoms with van der Waals surface area (Å²) >= 11 is 1.92. The lowest BCUT2D eigenvalue weighted by molar-refractivity contribution is 0.415. The van der Waals surface area contributed by atoms with Gasteiger partial charge in [-0.15, -0.1) is 11.3 Å². The Kier molecular flexibility index (Phi) is 5.75. The molecule has 8 aromatic rings. The SMILES string of the molecule is COc1ccc(-c2ccc3c(c2)c2c4c5cc(C6C=CC=CC6)ccc5sc4c4ccccc4c2n3-c2ccccc2)cc1. The summed E-state index contributed by atoms with van der Waals surface area (Å²) in [5.41, 5.74) is 7.43. The molecule has 0 radical (unpaired) electrons. The summed E-state index contributed by atoms with van der Waals surface area (Å²) in [5.74, 6) is 1.27. The second kappa shape index (κ2) is 9.97. The van der Waals surface area contributed by atoms with Crippen LogP contribution in [-0.2, 0) is 0 Å². The van der Waals surface area contributed by atoms with E-state index in [1.54, 1.807) is 7.11 Å². The maximum absolute atomic E-state index is 5.45. The van der Waals surface area contributed by atoms with Crippen LogP contribution >= 0.6 is 11.3 Å². The first-order chi connectivity index (χ1) is 21.8. The average Bonchev–Trinajstić information content (AvgIpc) is 3.65. The molecular weight excluding hydrogens is 555 g/mol. The first kappa shape index (κ1) is 25.4. The number of allylic oxidation sites excluding steroid dienone is 4. The molecule has 44 heavy (non-hydrogen) atoms. The van der Waals surface area contributed by atoms with Gasteiger partial charge in [-0.25, -0.2) is 0 Å². The molecule has 0 N–H and O–H groups in total. The van der Waals surface area contributed by atoms with E-state index in [4.69, 9.17) is 4.74 Å². The van der Waals surface area contributed by atoms with Gasteiger partial charge in [0.05, 0.1) is 18.1 Å². The first-order valence-corrected chi connectivity index (χ1v) is 16.0. The second-order valence-electron chi connectivity index (χ2n) is 11.6. The lowest BCUT2D eigenvalue weighted by Crippen LogP contribution is -1.95. The van der Waals surface area contributed by atoms with Gasteiger partial charge in [0.25, 0.3) is 0 Å². The number of para-hydroxylation sites is 1. The van der Waals surface area contributed by atoms with Crippen molar-refractivity contribution in [3.05, 3.63) is 145 Å². The van der Waals surface area contributed by atoms with Gasteiger partial charge in [0.15, 0.2) is 0 Å². The molecule has 3 heteroatoms. The van der Waals surface area contributed by atoms with Crippen LogP contribution in [0.15, 0.2) is 140 Å². The molecule has 210 valence electrons. The van der Waals surface area contributed by atoms with Crippen molar-refractivity contribution < 1.29 is 4.74 Å². The molecule has 0 aliphatic heterocycles. The number of ether oxygens (including phenoxy) is 1. The number of rotatable bonds is 4. The average molecular weight is 584 g/mol. The Labute approximate surface area is 259 Å². The molecule has 1 aliphatic carbocycles. The van der Waals surface area contributed by atoms with Gasteiger partial charge in [0, 0.05) is 53.3 Å². The zero-order valence-corrected chi connectivity index (χ0v) is 25.1. The fourth-order valence-electron chi connectivity index (χ4n) is 7.11. The molecule has 2 aromatic heterocycles. The Balaban J connectivity index is 1.46. The third kappa shape index (κ3) is 3.79. The fraction of sp³-hybridized carbons (Fsp3) is 0.0732. The van der Waals surface area contributed by atoms with E-state index in [0.29, 0.717) is 5.92 Å². The third-order valence-electron chi connectivity index (χ3n) is 9.20. The number of nitrogens with zero attached hydrogens (tertiary/aromatic N) is 1. The topological polar surface area (TPSA) is 14.2 Å². The van der Waals surface area contributed by atoms with Crippen molar-refractivity contribution in [3.63, 3.8) is 0 Å². The highest BCUT2D eigenvalue weighted by molar-refractivity contribution is 7.27. The number of thiophene rings is 1. The number of benzene rings is 6. The predicted octanol–water partition coefficient (Wildman–Crippen LogP) is 11.6. The highest BCUT2D eigenvalue weighted by Gasteiger charge is 2.23. The van der Waals surface area contributed by atoms with Crippen molar-refractivity contribution in [2.24, 2.45) is 0 Å². The number of hydrogen-bond donors (Lipinski definition) is 0. The maximum Gasteiger partial charge on any atom is 0.118 e. The molecule has 2 nitrogen and oxygen atoms in total. The minimum Gasteiger partial charge on any atom is -0.497 e. The van der Waals surface area contributed by atoms with E-state index in [0.717, 1.165) is 12.2 Å². The number of fused-ring (bicyclic) bond motifs is 10. The second-order valence-corrected chi connectivity index (χ2v) is 12.7. The predicted molar refractivity (Wildman–Crippen MR) is 189 cm³/mol. The summed E-state index contributed by atoms with van der Waals surface area (Å²) in [4.78, 5) is 0. The van der Waals surface area contributed by atoms with E-state index >= 15 is 0 Å². The van der Waals surface area contributed by atoms with Crippen LogP contribution < -0.4 is 4.74 Å². The molecule has 9 rings (SSSR count). The number of methoxy groups -OCH3 is 1. The smallest absolute Gasteiger partial charge is 0.118 e. The molecule has 0 amide bonds. The van der Waals surface area contributed by atoms with E-state index in [2.05, 4.69) is 132 Å². The van der Waals surface area contributed by atoms with Crippen LogP contribution in [0.1, 0.15) is 17.9 Å². The van der Waals surface area contributed by atoms with Gasteiger partial charge >= 0.3 is 0 Å². The highest BCUT2D eigenvalue weighted by atomic mass is 32.1. The van der Waals surface area contributed by atoms with Crippen molar-refractivity contribution in [1.82, 2.24) is 4.57 Å².